The van der Waals surface area contributed by atoms with Crippen LogP contribution in [0.3, 0.4) is 0 Å². The molecule has 0 aliphatic carbocycles. The molecule has 0 radical (unpaired) electrons. The summed E-state index contributed by atoms with van der Waals surface area (Å²) in [7, 11) is 0. The van der Waals surface area contributed by atoms with Gasteiger partial charge in [-0.1, -0.05) is 44.5 Å². The van der Waals surface area contributed by atoms with Gasteiger partial charge in [0.2, 0.25) is 0 Å². The fraction of sp³-hybridized carbons (Fsp3) is 0.375. The summed E-state index contributed by atoms with van der Waals surface area (Å²) in [5.41, 5.74) is 6.74. The van der Waals surface area contributed by atoms with E-state index in [0.29, 0.717) is 0 Å². The Kier molecular flexibility index (Phi) is 8.09. The smallest absolute Gasteiger partial charge is 0.377 e. The molecule has 0 spiro atoms. The molecule has 162 valence electrons. The van der Waals surface area contributed by atoms with E-state index in [1.807, 2.05) is 12.4 Å². The van der Waals surface area contributed by atoms with Crippen molar-refractivity contribution >= 4 is 16.6 Å². The lowest BCUT2D eigenvalue weighted by atomic mass is 10.1. The Hall–Kier alpha value is -2.76. The lowest BCUT2D eigenvalue weighted by molar-refractivity contribution is -0.130. The Morgan fingerprint density at radius 3 is 2.47 bits per heavy atom. The van der Waals surface area contributed by atoms with E-state index in [-0.39, 0.29) is 6.04 Å². The number of nitrogens with one attached hydrogen (secondary N) is 2. The molecule has 1 aromatic carbocycles. The predicted molar refractivity (Wildman–Crippen MR) is 118 cm³/mol. The molecule has 3 aromatic rings. The van der Waals surface area contributed by atoms with E-state index in [9.17, 15) is 13.2 Å². The Balaban J connectivity index is 0.000000469. The van der Waals surface area contributed by atoms with Gasteiger partial charge in [0.15, 0.2) is 0 Å². The van der Waals surface area contributed by atoms with Gasteiger partial charge in [-0.15, -0.1) is 0 Å². The normalized spacial score (nSPS) is 12.2. The molecule has 0 aliphatic heterocycles. The van der Waals surface area contributed by atoms with E-state index < -0.39 is 12.6 Å². The zero-order valence-electron chi connectivity index (χ0n) is 18.0. The summed E-state index contributed by atoms with van der Waals surface area (Å²) < 4.78 is 32.4. The van der Waals surface area contributed by atoms with Gasteiger partial charge in [0.25, 0.3) is 0 Å². The van der Waals surface area contributed by atoms with Crippen LogP contribution >= 0.6 is 0 Å². The summed E-state index contributed by atoms with van der Waals surface area (Å²) in [6.07, 6.45) is 1.54. The first-order chi connectivity index (χ1) is 14.1. The number of fused-ring (bicyclic) bond motifs is 1. The molecule has 30 heavy (non-hydrogen) atoms. The number of hydrogen-bond donors (Lipinski definition) is 2. The predicted octanol–water partition coefficient (Wildman–Crippen LogP) is 7.10. The monoisotopic (exact) mass is 417 g/mol. The summed E-state index contributed by atoms with van der Waals surface area (Å²) in [4.78, 5) is 7.91. The minimum absolute atomic E-state index is 0.114. The lowest BCUT2D eigenvalue weighted by Crippen LogP contribution is -2.17. The van der Waals surface area contributed by atoms with Gasteiger partial charge >= 0.3 is 6.18 Å². The fourth-order valence-corrected chi connectivity index (χ4v) is 3.03. The number of alkyl halides is 3. The van der Waals surface area contributed by atoms with E-state index in [2.05, 4.69) is 73.0 Å². The van der Waals surface area contributed by atoms with E-state index >= 15 is 0 Å². The molecule has 1 unspecified atom stereocenters. The second kappa shape index (κ2) is 10.3. The van der Waals surface area contributed by atoms with Gasteiger partial charge in [0.05, 0.1) is 11.7 Å². The molecule has 0 bridgehead atoms. The van der Waals surface area contributed by atoms with E-state index in [4.69, 9.17) is 0 Å². The third-order valence-corrected chi connectivity index (χ3v) is 4.78. The van der Waals surface area contributed by atoms with Crippen LogP contribution in [-0.2, 0) is 6.42 Å². The van der Waals surface area contributed by atoms with Crippen molar-refractivity contribution in [3.05, 3.63) is 71.7 Å². The van der Waals surface area contributed by atoms with Crippen LogP contribution in [0.2, 0.25) is 0 Å². The third kappa shape index (κ3) is 6.65. The van der Waals surface area contributed by atoms with Crippen molar-refractivity contribution < 1.29 is 13.2 Å². The fourth-order valence-electron chi connectivity index (χ4n) is 3.03. The molecule has 0 saturated heterocycles. The number of H-pyrrole nitrogens is 1. The molecule has 0 aliphatic rings. The summed E-state index contributed by atoms with van der Waals surface area (Å²) in [5.74, 6) is 0. The average Bonchev–Trinajstić information content (AvgIpc) is 3.12. The van der Waals surface area contributed by atoms with Gasteiger partial charge in [-0.3, -0.25) is 4.98 Å². The largest absolute Gasteiger partial charge is 0.388 e. The van der Waals surface area contributed by atoms with Crippen molar-refractivity contribution in [2.45, 2.75) is 59.2 Å². The van der Waals surface area contributed by atoms with Crippen LogP contribution in [-0.4, -0.2) is 16.1 Å². The number of benzene rings is 1. The first-order valence-electron chi connectivity index (χ1n) is 10.2. The van der Waals surface area contributed by atoms with Crippen molar-refractivity contribution in [2.24, 2.45) is 0 Å². The van der Waals surface area contributed by atoms with E-state index in [1.54, 1.807) is 0 Å². The number of halogens is 3. The maximum absolute atomic E-state index is 10.8. The zero-order chi connectivity index (χ0) is 22.3. The molecular weight excluding hydrogens is 387 g/mol. The second-order valence-corrected chi connectivity index (χ2v) is 7.41. The number of hydrogen-bond acceptors (Lipinski definition) is 2. The number of aromatic amines is 1. The highest BCUT2D eigenvalue weighted by Gasteiger charge is 2.22. The Labute approximate surface area is 176 Å². The topological polar surface area (TPSA) is 40.7 Å². The second-order valence-electron chi connectivity index (χ2n) is 7.41. The van der Waals surface area contributed by atoms with Gasteiger partial charge in [0.1, 0.15) is 0 Å². The lowest BCUT2D eigenvalue weighted by Gasteiger charge is -2.17. The molecule has 3 rings (SSSR count). The third-order valence-electron chi connectivity index (χ3n) is 4.78. The molecule has 0 saturated carbocycles. The van der Waals surface area contributed by atoms with Crippen LogP contribution in [0.5, 0.6) is 0 Å². The van der Waals surface area contributed by atoms with Crippen LogP contribution in [0.1, 0.15) is 62.0 Å². The highest BCUT2D eigenvalue weighted by molar-refractivity contribution is 5.92. The Bertz CT molecular complexity index is 956. The molecular formula is C24H30F3N3. The van der Waals surface area contributed by atoms with Gasteiger partial charge in [-0.05, 0) is 44.0 Å². The number of aryl methyl sites for hydroxylation is 2. The molecule has 0 amide bonds. The SMILES string of the molecule is C=C(NC(C)c1ccc(CCC)cn1)c1c[nH]c2ccc(C)cc12.CCC(F)(F)F. The highest BCUT2D eigenvalue weighted by atomic mass is 19.4. The maximum Gasteiger partial charge on any atom is 0.388 e. The van der Waals surface area contributed by atoms with Crippen molar-refractivity contribution in [3.63, 3.8) is 0 Å². The number of aromatic nitrogens is 2. The van der Waals surface area contributed by atoms with Crippen molar-refractivity contribution in [1.29, 1.82) is 0 Å². The first kappa shape index (κ1) is 23.5. The van der Waals surface area contributed by atoms with Crippen LogP contribution in [0.25, 0.3) is 16.6 Å². The molecule has 0 fully saturated rings. The van der Waals surface area contributed by atoms with Crippen LogP contribution in [0, 0.1) is 6.92 Å². The minimum atomic E-state index is -3.96. The van der Waals surface area contributed by atoms with Crippen LogP contribution in [0.15, 0.2) is 49.3 Å². The minimum Gasteiger partial charge on any atom is -0.377 e. The standard InChI is InChI=1S/C21H25N3.C3H5F3/c1-5-6-17-8-10-20(22-12-17)16(4)24-15(3)19-13-23-21-9-7-14(2)11-18(19)21;1-2-3(4,5)6/h7-13,16,23-24H,3,5-6H2,1-2,4H3;2H2,1H3. The van der Waals surface area contributed by atoms with Gasteiger partial charge in [0, 0.05) is 41.0 Å². The van der Waals surface area contributed by atoms with E-state index in [1.165, 1.54) is 16.5 Å². The molecule has 3 nitrogen and oxygen atoms in total. The van der Waals surface area contributed by atoms with Crippen molar-refractivity contribution in [1.82, 2.24) is 15.3 Å². The Morgan fingerprint density at radius 2 is 1.90 bits per heavy atom. The number of rotatable bonds is 6. The van der Waals surface area contributed by atoms with Crippen molar-refractivity contribution in [3.8, 4) is 0 Å². The quantitative estimate of drug-likeness (QED) is 0.449. The number of pyridine rings is 1. The summed E-state index contributed by atoms with van der Waals surface area (Å²) in [5, 5.41) is 4.68. The van der Waals surface area contributed by atoms with Gasteiger partial charge in [-0.2, -0.15) is 13.2 Å². The zero-order valence-corrected chi connectivity index (χ0v) is 18.0. The summed E-state index contributed by atoms with van der Waals surface area (Å²) in [6.45, 7) is 11.7. The molecule has 2 heterocycles. The van der Waals surface area contributed by atoms with Crippen LogP contribution in [0.4, 0.5) is 13.2 Å². The molecule has 1 atom stereocenters. The maximum atomic E-state index is 10.8. The van der Waals surface area contributed by atoms with Crippen molar-refractivity contribution in [2.75, 3.05) is 0 Å². The van der Waals surface area contributed by atoms with Gasteiger partial charge in [-0.25, -0.2) is 0 Å². The van der Waals surface area contributed by atoms with Crippen LogP contribution < -0.4 is 5.32 Å². The molecule has 6 heteroatoms. The Morgan fingerprint density at radius 1 is 1.20 bits per heavy atom. The summed E-state index contributed by atoms with van der Waals surface area (Å²) in [6, 6.07) is 10.8. The van der Waals surface area contributed by atoms with Gasteiger partial charge < -0.3 is 10.3 Å². The molecule has 2 N–H and O–H groups in total. The molecule has 2 aromatic heterocycles. The summed E-state index contributed by atoms with van der Waals surface area (Å²) >= 11 is 0. The first-order valence-corrected chi connectivity index (χ1v) is 10.2. The number of nitrogens with zero attached hydrogens (tertiary/aromatic N) is 1. The highest BCUT2D eigenvalue weighted by Crippen LogP contribution is 2.25. The van der Waals surface area contributed by atoms with E-state index in [0.717, 1.165) is 42.2 Å². The average molecular weight is 418 g/mol.